The molecule has 2 aliphatic heterocycles. The van der Waals surface area contributed by atoms with Crippen molar-refractivity contribution < 1.29 is 27.4 Å². The summed E-state index contributed by atoms with van der Waals surface area (Å²) in [5, 5.41) is 3.29. The van der Waals surface area contributed by atoms with Crippen molar-refractivity contribution in [2.45, 2.75) is 50.9 Å². The van der Waals surface area contributed by atoms with Gasteiger partial charge in [-0.15, -0.1) is 0 Å². The third-order valence-corrected chi connectivity index (χ3v) is 5.89. The Balaban J connectivity index is 1.68. The van der Waals surface area contributed by atoms with Crippen LogP contribution in [0.3, 0.4) is 0 Å². The van der Waals surface area contributed by atoms with Crippen LogP contribution < -0.4 is 20.3 Å². The molecule has 1 saturated heterocycles. The summed E-state index contributed by atoms with van der Waals surface area (Å²) < 4.78 is 55.9. The molecule has 1 aromatic heterocycles. The van der Waals surface area contributed by atoms with Crippen LogP contribution >= 0.6 is 0 Å². The summed E-state index contributed by atoms with van der Waals surface area (Å²) in [7, 11) is 1.39. The molecule has 0 amide bonds. The molecule has 0 bridgehead atoms. The molecule has 32 heavy (non-hydrogen) atoms. The highest BCUT2D eigenvalue weighted by Crippen LogP contribution is 2.41. The number of hydrogen-bond donors (Lipinski definition) is 1. The molecule has 6 nitrogen and oxygen atoms in total. The van der Waals surface area contributed by atoms with E-state index in [2.05, 4.69) is 5.32 Å². The van der Waals surface area contributed by atoms with Crippen molar-refractivity contribution in [3.05, 3.63) is 40.2 Å². The van der Waals surface area contributed by atoms with Gasteiger partial charge in [0.25, 0.3) is 5.56 Å². The smallest absolute Gasteiger partial charge is 0.422 e. The van der Waals surface area contributed by atoms with Gasteiger partial charge < -0.3 is 24.1 Å². The highest BCUT2D eigenvalue weighted by atomic mass is 19.4. The highest BCUT2D eigenvalue weighted by molar-refractivity contribution is 5.73. The molecule has 174 valence electrons. The fourth-order valence-electron chi connectivity index (χ4n) is 4.39. The van der Waals surface area contributed by atoms with Gasteiger partial charge in [-0.3, -0.25) is 4.79 Å². The Hall–Kier alpha value is -2.68. The number of rotatable bonds is 6. The van der Waals surface area contributed by atoms with Gasteiger partial charge in [0.05, 0.1) is 18.9 Å². The van der Waals surface area contributed by atoms with Crippen LogP contribution in [0.15, 0.2) is 29.1 Å². The minimum Gasteiger partial charge on any atom is -0.493 e. The number of halogens is 3. The lowest BCUT2D eigenvalue weighted by Gasteiger charge is -2.29. The monoisotopic (exact) mass is 452 g/mol. The van der Waals surface area contributed by atoms with E-state index in [4.69, 9.17) is 14.2 Å². The first-order valence-corrected chi connectivity index (χ1v) is 10.8. The number of anilines is 1. The topological polar surface area (TPSA) is 61.7 Å². The zero-order valence-electron chi connectivity index (χ0n) is 18.1. The summed E-state index contributed by atoms with van der Waals surface area (Å²) in [6.45, 7) is 1.85. The van der Waals surface area contributed by atoms with Crippen LogP contribution in [0.4, 0.5) is 18.9 Å². The predicted molar refractivity (Wildman–Crippen MR) is 115 cm³/mol. The molecule has 0 aliphatic carbocycles. The van der Waals surface area contributed by atoms with Crippen molar-refractivity contribution in [2.24, 2.45) is 0 Å². The largest absolute Gasteiger partial charge is 0.493 e. The molecule has 2 aromatic rings. The fourth-order valence-corrected chi connectivity index (χ4v) is 4.39. The van der Waals surface area contributed by atoms with Gasteiger partial charge >= 0.3 is 6.18 Å². The number of pyridine rings is 1. The van der Waals surface area contributed by atoms with Crippen molar-refractivity contribution in [2.75, 3.05) is 32.2 Å². The zero-order valence-corrected chi connectivity index (χ0v) is 18.1. The molecule has 1 N–H and O–H groups in total. The number of methoxy groups -OCH3 is 1. The van der Waals surface area contributed by atoms with Crippen LogP contribution in [0.1, 0.15) is 37.8 Å². The Kier molecular flexibility index (Phi) is 6.37. The van der Waals surface area contributed by atoms with Crippen LogP contribution in [-0.4, -0.2) is 43.7 Å². The summed E-state index contributed by atoms with van der Waals surface area (Å²) in [6.07, 6.45) is -0.666. The molecular weight excluding hydrogens is 425 g/mol. The first kappa shape index (κ1) is 22.5. The van der Waals surface area contributed by atoms with E-state index in [0.717, 1.165) is 31.4 Å². The second-order valence-corrected chi connectivity index (χ2v) is 8.32. The maximum absolute atomic E-state index is 12.9. The van der Waals surface area contributed by atoms with E-state index >= 15 is 0 Å². The average molecular weight is 452 g/mol. The Morgan fingerprint density at radius 2 is 2.00 bits per heavy atom. The molecular formula is C23H27F3N2O4. The number of ether oxygens (including phenoxy) is 3. The van der Waals surface area contributed by atoms with E-state index in [1.807, 2.05) is 13.0 Å². The van der Waals surface area contributed by atoms with Crippen LogP contribution in [0.25, 0.3) is 11.3 Å². The maximum Gasteiger partial charge on any atom is 0.422 e. The standard InChI is InChI=1S/C23H27F3N2O4/c1-14-7-15-8-20(30-2)21(32-13-23(24,25)26)11-18(15)19-9-16(10-22(29)28(14)19)27-12-17-5-3-4-6-31-17/h8-11,14,17,27H,3-7,12-13H2,1-2H3. The summed E-state index contributed by atoms with van der Waals surface area (Å²) >= 11 is 0. The minimum absolute atomic E-state index is 0.00825. The molecule has 1 aromatic carbocycles. The van der Waals surface area contributed by atoms with Crippen molar-refractivity contribution in [1.82, 2.24) is 4.57 Å². The third kappa shape index (κ3) is 4.87. The lowest BCUT2D eigenvalue weighted by molar-refractivity contribution is -0.153. The van der Waals surface area contributed by atoms with E-state index < -0.39 is 12.8 Å². The number of aromatic nitrogens is 1. The second-order valence-electron chi connectivity index (χ2n) is 8.32. The predicted octanol–water partition coefficient (Wildman–Crippen LogP) is 4.56. The van der Waals surface area contributed by atoms with Crippen LogP contribution in [-0.2, 0) is 11.2 Å². The average Bonchev–Trinajstić information content (AvgIpc) is 2.75. The summed E-state index contributed by atoms with van der Waals surface area (Å²) in [5.74, 6) is 0.228. The number of benzene rings is 1. The van der Waals surface area contributed by atoms with Gasteiger partial charge in [0.15, 0.2) is 18.1 Å². The molecule has 2 atom stereocenters. The number of alkyl halides is 3. The van der Waals surface area contributed by atoms with Crippen molar-refractivity contribution in [1.29, 1.82) is 0 Å². The van der Waals surface area contributed by atoms with E-state index in [1.54, 1.807) is 16.7 Å². The van der Waals surface area contributed by atoms with Crippen molar-refractivity contribution in [3.63, 3.8) is 0 Å². The zero-order chi connectivity index (χ0) is 22.9. The summed E-state index contributed by atoms with van der Waals surface area (Å²) in [5.41, 5.74) is 2.68. The van der Waals surface area contributed by atoms with E-state index in [0.29, 0.717) is 29.9 Å². The molecule has 0 saturated carbocycles. The highest BCUT2D eigenvalue weighted by Gasteiger charge is 2.30. The Bertz CT molecular complexity index is 1030. The van der Waals surface area contributed by atoms with Crippen molar-refractivity contribution in [3.8, 4) is 22.8 Å². The maximum atomic E-state index is 12.9. The molecule has 0 radical (unpaired) electrons. The number of nitrogens with one attached hydrogen (secondary N) is 1. The quantitative estimate of drug-likeness (QED) is 0.696. The van der Waals surface area contributed by atoms with Gasteiger partial charge in [0.1, 0.15) is 0 Å². The first-order chi connectivity index (χ1) is 15.2. The lowest BCUT2D eigenvalue weighted by atomic mass is 9.92. The van der Waals surface area contributed by atoms with Gasteiger partial charge in [-0.2, -0.15) is 13.2 Å². The Labute approximate surface area is 184 Å². The summed E-state index contributed by atoms with van der Waals surface area (Å²) in [6, 6.07) is 6.54. The van der Waals surface area contributed by atoms with Crippen LogP contribution in [0.5, 0.6) is 11.5 Å². The molecule has 0 spiro atoms. The number of fused-ring (bicyclic) bond motifs is 3. The third-order valence-electron chi connectivity index (χ3n) is 5.89. The van der Waals surface area contributed by atoms with Gasteiger partial charge in [0.2, 0.25) is 0 Å². The lowest BCUT2D eigenvalue weighted by Crippen LogP contribution is -2.31. The second kappa shape index (κ2) is 9.05. The fraction of sp³-hybridized carbons (Fsp3) is 0.522. The van der Waals surface area contributed by atoms with E-state index in [9.17, 15) is 18.0 Å². The number of nitrogens with zero attached hydrogens (tertiary/aromatic N) is 1. The minimum atomic E-state index is -4.47. The molecule has 4 rings (SSSR count). The van der Waals surface area contributed by atoms with Crippen LogP contribution in [0.2, 0.25) is 0 Å². The normalized spacial score (nSPS) is 20.3. The molecule has 9 heteroatoms. The summed E-state index contributed by atoms with van der Waals surface area (Å²) in [4.78, 5) is 12.9. The van der Waals surface area contributed by atoms with E-state index in [1.165, 1.54) is 13.2 Å². The Morgan fingerprint density at radius 3 is 2.69 bits per heavy atom. The van der Waals surface area contributed by atoms with Gasteiger partial charge in [-0.05, 0) is 56.4 Å². The van der Waals surface area contributed by atoms with Gasteiger partial charge in [0, 0.05) is 36.5 Å². The number of hydrogen-bond acceptors (Lipinski definition) is 5. The first-order valence-electron chi connectivity index (χ1n) is 10.8. The van der Waals surface area contributed by atoms with Crippen molar-refractivity contribution >= 4 is 5.69 Å². The molecule has 3 heterocycles. The molecule has 2 aliphatic rings. The van der Waals surface area contributed by atoms with Gasteiger partial charge in [-0.25, -0.2) is 0 Å². The van der Waals surface area contributed by atoms with E-state index in [-0.39, 0.29) is 29.2 Å². The molecule has 1 fully saturated rings. The SMILES string of the molecule is COc1cc2c(cc1OCC(F)(F)F)-c1cc(NCC3CCCCO3)cc(=O)n1C(C)C2. The van der Waals surface area contributed by atoms with Gasteiger partial charge in [-0.1, -0.05) is 0 Å². The molecule has 2 unspecified atom stereocenters. The Morgan fingerprint density at radius 1 is 1.19 bits per heavy atom. The van der Waals surface area contributed by atoms with Crippen LogP contribution in [0, 0.1) is 0 Å².